The van der Waals surface area contributed by atoms with Gasteiger partial charge in [-0.05, 0) is 45.1 Å². The summed E-state index contributed by atoms with van der Waals surface area (Å²) in [5, 5.41) is 1.89. The van der Waals surface area contributed by atoms with Crippen LogP contribution in [0.2, 0.25) is 0 Å². The van der Waals surface area contributed by atoms with Crippen molar-refractivity contribution in [3.63, 3.8) is 0 Å². The average molecular weight is 328 g/mol. The molecule has 0 fully saturated rings. The van der Waals surface area contributed by atoms with E-state index in [2.05, 4.69) is 15.9 Å². The minimum absolute atomic E-state index is 0.0732. The van der Waals surface area contributed by atoms with E-state index in [0.29, 0.717) is 4.47 Å². The van der Waals surface area contributed by atoms with E-state index in [4.69, 9.17) is 5.73 Å². The summed E-state index contributed by atoms with van der Waals surface area (Å²) in [5.74, 6) is -0.412. The van der Waals surface area contributed by atoms with Gasteiger partial charge in [0.25, 0.3) is 0 Å². The van der Waals surface area contributed by atoms with Crippen LogP contribution in [0.3, 0.4) is 0 Å². The molecule has 0 spiro atoms. The van der Waals surface area contributed by atoms with E-state index < -0.39 is 6.04 Å². The van der Waals surface area contributed by atoms with Gasteiger partial charge in [-0.15, -0.1) is 11.3 Å². The summed E-state index contributed by atoms with van der Waals surface area (Å²) in [5.41, 5.74) is 6.62. The fourth-order valence-electron chi connectivity index (χ4n) is 1.59. The SMILES string of the molecule is NC(C(=O)Cc1ccc(F)c(Br)c1)c1cccs1. The van der Waals surface area contributed by atoms with Crippen molar-refractivity contribution in [3.05, 3.63) is 56.4 Å². The molecule has 0 saturated carbocycles. The lowest BCUT2D eigenvalue weighted by molar-refractivity contribution is -0.119. The van der Waals surface area contributed by atoms with Crippen molar-refractivity contribution in [3.8, 4) is 0 Å². The first-order chi connectivity index (χ1) is 8.58. The molecule has 2 nitrogen and oxygen atoms in total. The van der Waals surface area contributed by atoms with Crippen molar-refractivity contribution >= 4 is 33.0 Å². The molecule has 1 atom stereocenters. The third kappa shape index (κ3) is 3.04. The Morgan fingerprint density at radius 3 is 2.83 bits per heavy atom. The van der Waals surface area contributed by atoms with Gasteiger partial charge < -0.3 is 5.73 Å². The first kappa shape index (κ1) is 13.4. The molecule has 0 radical (unpaired) electrons. The van der Waals surface area contributed by atoms with Crippen LogP contribution in [-0.2, 0) is 11.2 Å². The first-order valence-electron chi connectivity index (χ1n) is 5.33. The predicted molar refractivity (Wildman–Crippen MR) is 74.1 cm³/mol. The predicted octanol–water partition coefficient (Wildman–Crippen LogP) is 3.46. The number of thiophene rings is 1. The van der Waals surface area contributed by atoms with Crippen LogP contribution in [-0.4, -0.2) is 5.78 Å². The maximum absolute atomic E-state index is 13.1. The fraction of sp³-hybridized carbons (Fsp3) is 0.154. The van der Waals surface area contributed by atoms with Gasteiger partial charge in [0, 0.05) is 11.3 Å². The number of carbonyl (C=O) groups excluding carboxylic acids is 1. The lowest BCUT2D eigenvalue weighted by Gasteiger charge is -2.08. The molecule has 0 amide bonds. The summed E-state index contributed by atoms with van der Waals surface area (Å²) >= 11 is 4.56. The van der Waals surface area contributed by atoms with Crippen LogP contribution in [0.4, 0.5) is 4.39 Å². The fourth-order valence-corrected chi connectivity index (χ4v) is 2.76. The van der Waals surface area contributed by atoms with Crippen LogP contribution in [0.5, 0.6) is 0 Å². The quantitative estimate of drug-likeness (QED) is 0.934. The van der Waals surface area contributed by atoms with Crippen molar-refractivity contribution in [2.75, 3.05) is 0 Å². The Kier molecular flexibility index (Phi) is 4.27. The Labute approximate surface area is 117 Å². The van der Waals surface area contributed by atoms with E-state index in [1.54, 1.807) is 12.1 Å². The lowest BCUT2D eigenvalue weighted by Crippen LogP contribution is -2.22. The highest BCUT2D eigenvalue weighted by molar-refractivity contribution is 9.10. The van der Waals surface area contributed by atoms with Crippen molar-refractivity contribution in [2.45, 2.75) is 12.5 Å². The molecule has 1 unspecified atom stereocenters. The smallest absolute Gasteiger partial charge is 0.159 e. The maximum atomic E-state index is 13.1. The number of halogens is 2. The molecule has 1 heterocycles. The molecule has 5 heteroatoms. The second kappa shape index (κ2) is 5.73. The van der Waals surface area contributed by atoms with Gasteiger partial charge in [-0.1, -0.05) is 12.1 Å². The van der Waals surface area contributed by atoms with Crippen molar-refractivity contribution < 1.29 is 9.18 Å². The minimum atomic E-state index is -0.603. The standard InChI is InChI=1S/C13H11BrFNOS/c14-9-6-8(3-4-10(9)15)7-11(17)13(16)12-2-1-5-18-12/h1-6,13H,7,16H2. The molecule has 1 aromatic heterocycles. The number of nitrogens with two attached hydrogens (primary N) is 1. The van der Waals surface area contributed by atoms with E-state index in [1.807, 2.05) is 17.5 Å². The van der Waals surface area contributed by atoms with Gasteiger partial charge in [-0.3, -0.25) is 4.79 Å². The van der Waals surface area contributed by atoms with E-state index >= 15 is 0 Å². The topological polar surface area (TPSA) is 43.1 Å². The van der Waals surface area contributed by atoms with Crippen LogP contribution >= 0.6 is 27.3 Å². The van der Waals surface area contributed by atoms with E-state index in [9.17, 15) is 9.18 Å². The molecule has 94 valence electrons. The molecule has 0 bridgehead atoms. The largest absolute Gasteiger partial charge is 0.317 e. The first-order valence-corrected chi connectivity index (χ1v) is 7.01. The number of ketones is 1. The van der Waals surface area contributed by atoms with Gasteiger partial charge in [-0.2, -0.15) is 0 Å². The molecule has 18 heavy (non-hydrogen) atoms. The number of Topliss-reactive ketones (excluding diaryl/α,β-unsaturated/α-hetero) is 1. The number of carbonyl (C=O) groups is 1. The summed E-state index contributed by atoms with van der Waals surface area (Å²) in [4.78, 5) is 12.8. The molecule has 2 N–H and O–H groups in total. The number of hydrogen-bond donors (Lipinski definition) is 1. The highest BCUT2D eigenvalue weighted by Crippen LogP contribution is 2.21. The number of hydrogen-bond acceptors (Lipinski definition) is 3. The highest BCUT2D eigenvalue weighted by Gasteiger charge is 2.17. The molecule has 1 aromatic carbocycles. The Morgan fingerprint density at radius 2 is 2.22 bits per heavy atom. The van der Waals surface area contributed by atoms with Crippen molar-refractivity contribution in [1.29, 1.82) is 0 Å². The van der Waals surface area contributed by atoms with E-state index in [0.717, 1.165) is 10.4 Å². The van der Waals surface area contributed by atoms with Gasteiger partial charge in [0.05, 0.1) is 10.5 Å². The highest BCUT2D eigenvalue weighted by atomic mass is 79.9. The summed E-state index contributed by atoms with van der Waals surface area (Å²) in [6, 6.07) is 7.64. The molecule has 0 saturated heterocycles. The van der Waals surface area contributed by atoms with Crippen molar-refractivity contribution in [2.24, 2.45) is 5.73 Å². The van der Waals surface area contributed by atoms with Crippen LogP contribution < -0.4 is 5.73 Å². The van der Waals surface area contributed by atoms with Crippen LogP contribution in [0.25, 0.3) is 0 Å². The summed E-state index contributed by atoms with van der Waals surface area (Å²) in [6.07, 6.45) is 0.206. The maximum Gasteiger partial charge on any atom is 0.159 e. The second-order valence-electron chi connectivity index (χ2n) is 3.88. The lowest BCUT2D eigenvalue weighted by atomic mass is 10.0. The monoisotopic (exact) mass is 327 g/mol. The molecule has 0 aliphatic carbocycles. The van der Waals surface area contributed by atoms with E-state index in [1.165, 1.54) is 17.4 Å². The zero-order chi connectivity index (χ0) is 13.1. The average Bonchev–Trinajstić information content (AvgIpc) is 2.86. The molecule has 0 aliphatic heterocycles. The zero-order valence-corrected chi connectivity index (χ0v) is 11.8. The van der Waals surface area contributed by atoms with Gasteiger partial charge in [0.15, 0.2) is 5.78 Å². The van der Waals surface area contributed by atoms with Crippen LogP contribution in [0, 0.1) is 5.82 Å². The van der Waals surface area contributed by atoms with Gasteiger partial charge in [0.2, 0.25) is 0 Å². The third-order valence-corrected chi connectivity index (χ3v) is 4.12. The zero-order valence-electron chi connectivity index (χ0n) is 9.40. The Hall–Kier alpha value is -1.04. The van der Waals surface area contributed by atoms with Gasteiger partial charge in [0.1, 0.15) is 5.82 Å². The molecular formula is C13H11BrFNOS. The Balaban J connectivity index is 2.09. The third-order valence-electron chi connectivity index (χ3n) is 2.56. The van der Waals surface area contributed by atoms with E-state index in [-0.39, 0.29) is 18.0 Å². The second-order valence-corrected chi connectivity index (χ2v) is 5.72. The van der Waals surface area contributed by atoms with Crippen LogP contribution in [0.15, 0.2) is 40.2 Å². The summed E-state index contributed by atoms with van der Waals surface area (Å²) in [7, 11) is 0. The normalized spacial score (nSPS) is 12.4. The summed E-state index contributed by atoms with van der Waals surface area (Å²) in [6.45, 7) is 0. The summed E-state index contributed by atoms with van der Waals surface area (Å²) < 4.78 is 13.4. The Morgan fingerprint density at radius 1 is 1.44 bits per heavy atom. The number of rotatable bonds is 4. The van der Waals surface area contributed by atoms with Crippen LogP contribution in [0.1, 0.15) is 16.5 Å². The molecule has 0 aliphatic rings. The molecule has 2 aromatic rings. The molecule has 2 rings (SSSR count). The Bertz CT molecular complexity index is 556. The molecular weight excluding hydrogens is 317 g/mol. The minimum Gasteiger partial charge on any atom is -0.317 e. The van der Waals surface area contributed by atoms with Gasteiger partial charge in [-0.25, -0.2) is 4.39 Å². The van der Waals surface area contributed by atoms with Gasteiger partial charge >= 0.3 is 0 Å². The number of benzene rings is 1. The van der Waals surface area contributed by atoms with Crippen molar-refractivity contribution in [1.82, 2.24) is 0 Å².